The summed E-state index contributed by atoms with van der Waals surface area (Å²) in [6.45, 7) is 3.45. The number of fused-ring (bicyclic) bond motifs is 2. The highest BCUT2D eigenvalue weighted by molar-refractivity contribution is 7.99. The zero-order chi connectivity index (χ0) is 24.5. The van der Waals surface area contributed by atoms with Gasteiger partial charge in [0.05, 0.1) is 28.0 Å². The first-order chi connectivity index (χ1) is 16.9. The highest BCUT2D eigenvalue weighted by Crippen LogP contribution is 2.37. The number of hydrogen-bond donors (Lipinski definition) is 1. The second-order valence-corrected chi connectivity index (χ2v) is 8.97. The van der Waals surface area contributed by atoms with Crippen LogP contribution in [0.5, 0.6) is 11.5 Å². The monoisotopic (exact) mass is 487 g/mol. The second-order valence-electron chi connectivity index (χ2n) is 8.03. The number of ether oxygens (including phenoxy) is 2. The number of amides is 1. The van der Waals surface area contributed by atoms with E-state index in [1.54, 1.807) is 30.3 Å². The Morgan fingerprint density at radius 2 is 1.77 bits per heavy atom. The van der Waals surface area contributed by atoms with Crippen LogP contribution >= 0.6 is 11.8 Å². The molecule has 2 heterocycles. The summed E-state index contributed by atoms with van der Waals surface area (Å²) in [4.78, 5) is 43.0. The lowest BCUT2D eigenvalue weighted by Gasteiger charge is -2.14. The van der Waals surface area contributed by atoms with E-state index in [2.05, 4.69) is 10.3 Å². The van der Waals surface area contributed by atoms with Gasteiger partial charge in [-0.2, -0.15) is 0 Å². The largest absolute Gasteiger partial charge is 0.454 e. The number of rotatable bonds is 6. The summed E-state index contributed by atoms with van der Waals surface area (Å²) < 4.78 is 12.2. The molecule has 0 aliphatic carbocycles. The predicted octanol–water partition coefficient (Wildman–Crippen LogP) is 4.36. The van der Waals surface area contributed by atoms with Crippen LogP contribution in [-0.2, 0) is 4.79 Å². The Balaban J connectivity index is 1.45. The van der Waals surface area contributed by atoms with Crippen LogP contribution in [0.3, 0.4) is 0 Å². The van der Waals surface area contributed by atoms with Crippen LogP contribution in [0.2, 0.25) is 0 Å². The number of anilines is 1. The Hall–Kier alpha value is -4.11. The van der Waals surface area contributed by atoms with E-state index in [-0.39, 0.29) is 29.8 Å². The summed E-state index contributed by atoms with van der Waals surface area (Å²) >= 11 is 1.14. The number of aromatic nitrogens is 2. The van der Waals surface area contributed by atoms with Crippen molar-refractivity contribution < 1.29 is 19.1 Å². The summed E-state index contributed by atoms with van der Waals surface area (Å²) in [7, 11) is 0. The summed E-state index contributed by atoms with van der Waals surface area (Å²) in [5, 5.41) is 3.67. The highest BCUT2D eigenvalue weighted by atomic mass is 32.2. The van der Waals surface area contributed by atoms with E-state index in [4.69, 9.17) is 9.47 Å². The van der Waals surface area contributed by atoms with Gasteiger partial charge >= 0.3 is 0 Å². The van der Waals surface area contributed by atoms with Gasteiger partial charge in [0.1, 0.15) is 0 Å². The summed E-state index contributed by atoms with van der Waals surface area (Å²) in [6.07, 6.45) is 0. The molecule has 1 aromatic heterocycles. The first-order valence-electron chi connectivity index (χ1n) is 10.9. The molecule has 0 saturated carbocycles. The van der Waals surface area contributed by atoms with E-state index in [0.717, 1.165) is 17.3 Å². The van der Waals surface area contributed by atoms with Crippen LogP contribution < -0.4 is 20.3 Å². The predicted molar refractivity (Wildman–Crippen MR) is 134 cm³/mol. The van der Waals surface area contributed by atoms with Crippen molar-refractivity contribution in [3.8, 4) is 17.2 Å². The van der Waals surface area contributed by atoms with Crippen LogP contribution in [-0.4, -0.2) is 33.8 Å². The molecule has 0 radical (unpaired) electrons. The molecule has 0 spiro atoms. The topological polar surface area (TPSA) is 99.5 Å². The lowest BCUT2D eigenvalue weighted by molar-refractivity contribution is -0.113. The molecule has 1 N–H and O–H groups in total. The third kappa shape index (κ3) is 4.50. The molecule has 1 aliphatic rings. The molecule has 4 aromatic rings. The molecule has 176 valence electrons. The van der Waals surface area contributed by atoms with Gasteiger partial charge in [-0.05, 0) is 44.2 Å². The number of carbonyl (C=O) groups excluding carboxylic acids is 2. The number of nitrogens with one attached hydrogen (secondary N) is 1. The van der Waals surface area contributed by atoms with Gasteiger partial charge in [0.15, 0.2) is 22.4 Å². The quantitative estimate of drug-likeness (QED) is 0.245. The number of hydrogen-bond acceptors (Lipinski definition) is 7. The normalized spacial score (nSPS) is 12.1. The van der Waals surface area contributed by atoms with E-state index in [1.807, 2.05) is 37.3 Å². The average Bonchev–Trinajstić information content (AvgIpc) is 3.30. The number of ketones is 1. The van der Waals surface area contributed by atoms with Gasteiger partial charge in [-0.3, -0.25) is 19.0 Å². The zero-order valence-corrected chi connectivity index (χ0v) is 19.8. The van der Waals surface area contributed by atoms with Gasteiger partial charge in [-0.15, -0.1) is 0 Å². The Morgan fingerprint density at radius 1 is 1.06 bits per heavy atom. The Labute approximate surface area is 204 Å². The van der Waals surface area contributed by atoms with Crippen molar-refractivity contribution >= 4 is 40.0 Å². The third-order valence-corrected chi connectivity index (χ3v) is 6.47. The van der Waals surface area contributed by atoms with Crippen molar-refractivity contribution in [1.29, 1.82) is 0 Å². The van der Waals surface area contributed by atoms with Crippen LogP contribution in [0.25, 0.3) is 16.6 Å². The second kappa shape index (κ2) is 9.27. The minimum atomic E-state index is -0.353. The molecule has 35 heavy (non-hydrogen) atoms. The molecular weight excluding hydrogens is 466 g/mol. The molecule has 0 unspecified atom stereocenters. The van der Waals surface area contributed by atoms with Crippen LogP contribution in [0.15, 0.2) is 70.6 Å². The fraction of sp³-hybridized carbons (Fsp3) is 0.154. The Bertz CT molecular complexity index is 1530. The summed E-state index contributed by atoms with van der Waals surface area (Å²) in [5.41, 5.74) is 2.74. The minimum absolute atomic E-state index is 0.0254. The number of Topliss-reactive ketones (excluding diaryl/α,β-unsaturated/α-hetero) is 1. The molecule has 0 bridgehead atoms. The van der Waals surface area contributed by atoms with E-state index in [9.17, 15) is 14.4 Å². The fourth-order valence-electron chi connectivity index (χ4n) is 3.78. The number of thioether (sulfide) groups is 1. The lowest BCUT2D eigenvalue weighted by atomic mass is 10.1. The fourth-order valence-corrected chi connectivity index (χ4v) is 4.60. The smallest absolute Gasteiger partial charge is 0.266 e. The van der Waals surface area contributed by atoms with E-state index < -0.39 is 0 Å². The van der Waals surface area contributed by atoms with E-state index in [1.165, 1.54) is 11.5 Å². The van der Waals surface area contributed by atoms with Crippen LogP contribution in [0, 0.1) is 6.92 Å². The van der Waals surface area contributed by atoms with Gasteiger partial charge in [0.2, 0.25) is 12.7 Å². The van der Waals surface area contributed by atoms with Gasteiger partial charge in [0.25, 0.3) is 5.56 Å². The molecule has 0 saturated heterocycles. The zero-order valence-electron chi connectivity index (χ0n) is 19.0. The average molecular weight is 488 g/mol. The molecule has 0 atom stereocenters. The summed E-state index contributed by atoms with van der Waals surface area (Å²) in [6, 6.07) is 17.8. The van der Waals surface area contributed by atoms with Crippen LogP contribution in [0.1, 0.15) is 22.8 Å². The van der Waals surface area contributed by atoms with Gasteiger partial charge in [-0.1, -0.05) is 41.6 Å². The first kappa shape index (κ1) is 22.7. The van der Waals surface area contributed by atoms with Crippen molar-refractivity contribution in [3.05, 3.63) is 82.1 Å². The maximum absolute atomic E-state index is 13.3. The maximum Gasteiger partial charge on any atom is 0.266 e. The third-order valence-electron chi connectivity index (χ3n) is 5.54. The van der Waals surface area contributed by atoms with Crippen molar-refractivity contribution in [2.24, 2.45) is 0 Å². The number of aryl methyl sites for hydroxylation is 1. The highest BCUT2D eigenvalue weighted by Gasteiger charge is 2.21. The molecule has 3 aromatic carbocycles. The Morgan fingerprint density at radius 3 is 2.51 bits per heavy atom. The van der Waals surface area contributed by atoms with Crippen molar-refractivity contribution in [2.45, 2.75) is 19.0 Å². The Kier molecular flexibility index (Phi) is 6.00. The van der Waals surface area contributed by atoms with Crippen molar-refractivity contribution in [2.75, 3.05) is 17.9 Å². The SMILES string of the molecule is CC(=O)c1cc2c(cc1NC(=O)CSc1nc3ccccc3c(=O)n1-c1ccc(C)cc1)OCO2. The van der Waals surface area contributed by atoms with Gasteiger partial charge in [0, 0.05) is 11.6 Å². The van der Waals surface area contributed by atoms with Crippen molar-refractivity contribution in [3.63, 3.8) is 0 Å². The number of nitrogens with zero attached hydrogens (tertiary/aromatic N) is 2. The molecule has 9 heteroatoms. The molecule has 8 nitrogen and oxygen atoms in total. The van der Waals surface area contributed by atoms with Gasteiger partial charge in [-0.25, -0.2) is 4.98 Å². The van der Waals surface area contributed by atoms with Crippen molar-refractivity contribution in [1.82, 2.24) is 9.55 Å². The first-order valence-corrected chi connectivity index (χ1v) is 11.9. The number of para-hydroxylation sites is 1. The molecule has 0 fully saturated rings. The molecule has 1 amide bonds. The molecule has 5 rings (SSSR count). The molecular formula is C26H21N3O5S. The number of carbonyl (C=O) groups is 2. The number of benzene rings is 3. The van der Waals surface area contributed by atoms with Crippen LogP contribution in [0.4, 0.5) is 5.69 Å². The van der Waals surface area contributed by atoms with E-state index in [0.29, 0.717) is 44.5 Å². The standard InChI is InChI=1S/C26H21N3O5S/c1-15-7-9-17(10-8-15)29-25(32)18-5-3-4-6-20(18)28-26(29)35-13-24(31)27-21-12-23-22(33-14-34-23)11-19(21)16(2)30/h3-12H,13-14H2,1-2H3,(H,27,31). The lowest BCUT2D eigenvalue weighted by Crippen LogP contribution is -2.23. The molecule has 1 aliphatic heterocycles. The summed E-state index contributed by atoms with van der Waals surface area (Å²) in [5.74, 6) is 0.333. The van der Waals surface area contributed by atoms with E-state index >= 15 is 0 Å². The van der Waals surface area contributed by atoms with Gasteiger partial charge < -0.3 is 14.8 Å². The minimum Gasteiger partial charge on any atom is -0.454 e. The maximum atomic E-state index is 13.3.